The Morgan fingerprint density at radius 1 is 1.36 bits per heavy atom. The first-order valence-corrected chi connectivity index (χ1v) is 7.89. The number of pyridine rings is 1. The maximum Gasteiger partial charge on any atom is 0.257 e. The van der Waals surface area contributed by atoms with Crippen LogP contribution < -0.4 is 15.0 Å². The molecular weight excluding hydrogens is 322 g/mol. The molecule has 2 aromatic rings. The lowest BCUT2D eigenvalue weighted by Gasteiger charge is -2.29. The minimum absolute atomic E-state index is 0.0737. The van der Waals surface area contributed by atoms with Crippen molar-refractivity contribution in [2.45, 2.75) is 19.6 Å². The molecule has 1 aliphatic rings. The molecule has 0 radical (unpaired) electrons. The summed E-state index contributed by atoms with van der Waals surface area (Å²) in [6, 6.07) is 10.9. The molecule has 0 bridgehead atoms. The number of nitrogens with zero attached hydrogens (tertiary/aromatic N) is 2. The van der Waals surface area contributed by atoms with Gasteiger partial charge in [-0.3, -0.25) is 14.5 Å². The van der Waals surface area contributed by atoms with Crippen molar-refractivity contribution in [3.8, 4) is 5.75 Å². The number of fused-ring (bicyclic) bond motifs is 1. The summed E-state index contributed by atoms with van der Waals surface area (Å²) in [6.07, 6.45) is 0.866. The van der Waals surface area contributed by atoms with Gasteiger partial charge in [0.2, 0.25) is 5.91 Å². The van der Waals surface area contributed by atoms with Gasteiger partial charge in [0.1, 0.15) is 18.4 Å². The summed E-state index contributed by atoms with van der Waals surface area (Å²) in [5.41, 5.74) is 1.42. The molecule has 1 aromatic carbocycles. The van der Waals surface area contributed by atoms with E-state index in [0.717, 1.165) is 11.3 Å². The van der Waals surface area contributed by atoms with Crippen LogP contribution in [0.15, 0.2) is 42.6 Å². The fourth-order valence-corrected chi connectivity index (χ4v) is 2.57. The number of hydrogen-bond donors (Lipinski definition) is 1. The molecule has 0 aliphatic carbocycles. The Bertz CT molecular complexity index is 793. The van der Waals surface area contributed by atoms with Gasteiger partial charge in [0, 0.05) is 6.20 Å². The Kier molecular flexibility index (Phi) is 4.95. The van der Waals surface area contributed by atoms with Gasteiger partial charge in [-0.1, -0.05) is 12.1 Å². The Morgan fingerprint density at radius 3 is 3.00 bits per heavy atom. The molecule has 0 spiro atoms. The molecule has 1 aliphatic heterocycles. The zero-order valence-electron chi connectivity index (χ0n) is 14.1. The molecule has 130 valence electrons. The molecule has 2 heterocycles. The van der Waals surface area contributed by atoms with E-state index in [-0.39, 0.29) is 25.0 Å². The summed E-state index contributed by atoms with van der Waals surface area (Å²) in [5, 5.41) is 2.70. The number of nitrogens with one attached hydrogen (secondary N) is 1. The highest BCUT2D eigenvalue weighted by Crippen LogP contribution is 2.27. The number of rotatable bonds is 5. The second-order valence-corrected chi connectivity index (χ2v) is 5.65. The van der Waals surface area contributed by atoms with E-state index in [1.54, 1.807) is 32.4 Å². The second kappa shape index (κ2) is 7.31. The van der Waals surface area contributed by atoms with E-state index in [9.17, 15) is 9.59 Å². The average Bonchev–Trinajstić information content (AvgIpc) is 2.65. The molecule has 0 fully saturated rings. The summed E-state index contributed by atoms with van der Waals surface area (Å²) >= 11 is 0. The summed E-state index contributed by atoms with van der Waals surface area (Å²) in [4.78, 5) is 30.1. The number of anilines is 2. The van der Waals surface area contributed by atoms with Crippen LogP contribution in [0.4, 0.5) is 11.5 Å². The van der Waals surface area contributed by atoms with Crippen molar-refractivity contribution in [1.82, 2.24) is 4.98 Å². The van der Waals surface area contributed by atoms with Gasteiger partial charge >= 0.3 is 0 Å². The minimum Gasteiger partial charge on any atom is -0.497 e. The van der Waals surface area contributed by atoms with Gasteiger partial charge in [-0.05, 0) is 36.8 Å². The largest absolute Gasteiger partial charge is 0.497 e. The lowest BCUT2D eigenvalue weighted by molar-refractivity contribution is -0.131. The van der Waals surface area contributed by atoms with Crippen molar-refractivity contribution in [1.29, 1.82) is 0 Å². The molecule has 1 N–H and O–H groups in total. The normalized spacial score (nSPS) is 14.5. The van der Waals surface area contributed by atoms with Crippen molar-refractivity contribution in [2.24, 2.45) is 0 Å². The SMILES string of the molecule is COc1cccc(CO[C@H](C)C(=O)N2CC(=O)Nc3cccnc32)c1. The van der Waals surface area contributed by atoms with E-state index in [2.05, 4.69) is 10.3 Å². The fraction of sp³-hybridized carbons (Fsp3) is 0.278. The first kappa shape index (κ1) is 16.9. The molecule has 1 aromatic heterocycles. The topological polar surface area (TPSA) is 80.8 Å². The summed E-state index contributed by atoms with van der Waals surface area (Å²) < 4.78 is 10.9. The third-order valence-electron chi connectivity index (χ3n) is 3.87. The number of carbonyl (C=O) groups is 2. The average molecular weight is 341 g/mol. The zero-order valence-corrected chi connectivity index (χ0v) is 14.1. The predicted molar refractivity (Wildman–Crippen MR) is 92.5 cm³/mol. The highest BCUT2D eigenvalue weighted by atomic mass is 16.5. The molecule has 2 amide bonds. The summed E-state index contributed by atoms with van der Waals surface area (Å²) in [5.74, 6) is 0.599. The third-order valence-corrected chi connectivity index (χ3v) is 3.87. The van der Waals surface area contributed by atoms with Crippen LogP contribution >= 0.6 is 0 Å². The van der Waals surface area contributed by atoms with Crippen LogP contribution in [0.3, 0.4) is 0 Å². The molecular formula is C18H19N3O4. The van der Waals surface area contributed by atoms with Crippen LogP contribution in [-0.2, 0) is 20.9 Å². The van der Waals surface area contributed by atoms with Crippen LogP contribution in [0, 0.1) is 0 Å². The third kappa shape index (κ3) is 3.77. The van der Waals surface area contributed by atoms with Crippen LogP contribution in [0.25, 0.3) is 0 Å². The smallest absolute Gasteiger partial charge is 0.257 e. The minimum atomic E-state index is -0.716. The maximum absolute atomic E-state index is 12.7. The number of amides is 2. The summed E-state index contributed by atoms with van der Waals surface area (Å²) in [7, 11) is 1.60. The lowest BCUT2D eigenvalue weighted by Crippen LogP contribution is -2.47. The first-order valence-electron chi connectivity index (χ1n) is 7.89. The molecule has 0 unspecified atom stereocenters. The van der Waals surface area contributed by atoms with Crippen molar-refractivity contribution in [3.63, 3.8) is 0 Å². The molecule has 0 saturated carbocycles. The molecule has 7 heteroatoms. The number of aromatic nitrogens is 1. The van der Waals surface area contributed by atoms with E-state index in [4.69, 9.17) is 9.47 Å². The van der Waals surface area contributed by atoms with Gasteiger partial charge in [0.05, 0.1) is 19.4 Å². The number of carbonyl (C=O) groups excluding carboxylic acids is 2. The van der Waals surface area contributed by atoms with Gasteiger partial charge in [0.15, 0.2) is 5.82 Å². The van der Waals surface area contributed by atoms with Crippen LogP contribution in [-0.4, -0.2) is 36.6 Å². The maximum atomic E-state index is 12.7. The number of hydrogen-bond acceptors (Lipinski definition) is 5. The van der Waals surface area contributed by atoms with Crippen LogP contribution in [0.2, 0.25) is 0 Å². The fourth-order valence-electron chi connectivity index (χ4n) is 2.57. The second-order valence-electron chi connectivity index (χ2n) is 5.65. The molecule has 7 nitrogen and oxygen atoms in total. The van der Waals surface area contributed by atoms with Crippen molar-refractivity contribution in [2.75, 3.05) is 23.9 Å². The zero-order chi connectivity index (χ0) is 17.8. The number of methoxy groups -OCH3 is 1. The van der Waals surface area contributed by atoms with E-state index < -0.39 is 6.10 Å². The van der Waals surface area contributed by atoms with Crippen molar-refractivity contribution < 1.29 is 19.1 Å². The monoisotopic (exact) mass is 341 g/mol. The van der Waals surface area contributed by atoms with Crippen molar-refractivity contribution >= 4 is 23.3 Å². The van der Waals surface area contributed by atoms with E-state index in [1.807, 2.05) is 24.3 Å². The molecule has 1 atom stereocenters. The van der Waals surface area contributed by atoms with Gasteiger partial charge in [-0.25, -0.2) is 4.98 Å². The Labute approximate surface area is 145 Å². The number of benzene rings is 1. The van der Waals surface area contributed by atoms with Gasteiger partial charge < -0.3 is 14.8 Å². The highest BCUT2D eigenvalue weighted by Gasteiger charge is 2.31. The Balaban J connectivity index is 1.69. The number of ether oxygens (including phenoxy) is 2. The predicted octanol–water partition coefficient (Wildman–Crippen LogP) is 1.98. The Hall–Kier alpha value is -2.93. The molecule has 0 saturated heterocycles. The van der Waals surface area contributed by atoms with Gasteiger partial charge in [-0.2, -0.15) is 0 Å². The first-order chi connectivity index (χ1) is 12.1. The van der Waals surface area contributed by atoms with Gasteiger partial charge in [0.25, 0.3) is 5.91 Å². The van der Waals surface area contributed by atoms with Gasteiger partial charge in [-0.15, -0.1) is 0 Å². The van der Waals surface area contributed by atoms with E-state index >= 15 is 0 Å². The van der Waals surface area contributed by atoms with Crippen molar-refractivity contribution in [3.05, 3.63) is 48.2 Å². The molecule has 3 rings (SSSR count). The van der Waals surface area contributed by atoms with Crippen LogP contribution in [0.5, 0.6) is 5.75 Å². The van der Waals surface area contributed by atoms with E-state index in [0.29, 0.717) is 11.5 Å². The standard InChI is InChI=1S/C18H19N3O4/c1-12(25-11-13-5-3-6-14(9-13)24-2)18(23)21-10-16(22)20-15-7-4-8-19-17(15)21/h3-9,12H,10-11H2,1-2H3,(H,20,22)/t12-/m1/s1. The lowest BCUT2D eigenvalue weighted by atomic mass is 10.2. The quantitative estimate of drug-likeness (QED) is 0.899. The van der Waals surface area contributed by atoms with Crippen LogP contribution in [0.1, 0.15) is 12.5 Å². The summed E-state index contributed by atoms with van der Waals surface area (Å²) in [6.45, 7) is 1.85. The Morgan fingerprint density at radius 2 is 2.20 bits per heavy atom. The molecule has 25 heavy (non-hydrogen) atoms. The highest BCUT2D eigenvalue weighted by molar-refractivity contribution is 6.09. The van der Waals surface area contributed by atoms with E-state index in [1.165, 1.54) is 4.90 Å².